The van der Waals surface area contributed by atoms with Crippen LogP contribution in [0.4, 0.5) is 0 Å². The molecule has 0 aliphatic rings. The third-order valence-corrected chi connectivity index (χ3v) is 2.89. The summed E-state index contributed by atoms with van der Waals surface area (Å²) in [5.41, 5.74) is 0. The van der Waals surface area contributed by atoms with Gasteiger partial charge in [-0.3, -0.25) is 0 Å². The van der Waals surface area contributed by atoms with Crippen molar-refractivity contribution in [2.24, 2.45) is 0 Å². The van der Waals surface area contributed by atoms with Crippen molar-refractivity contribution in [3.8, 4) is 35.5 Å². The molecular formula is C16H22O2S. The molecule has 0 aromatic carbocycles. The van der Waals surface area contributed by atoms with E-state index in [4.69, 9.17) is 4.55 Å². The van der Waals surface area contributed by atoms with Crippen LogP contribution in [0.25, 0.3) is 0 Å². The molecule has 0 aromatic heterocycles. The molecule has 0 radical (unpaired) electrons. The molecule has 104 valence electrons. The van der Waals surface area contributed by atoms with Crippen LogP contribution in [0.2, 0.25) is 0 Å². The third-order valence-electron chi connectivity index (χ3n) is 2.25. The van der Waals surface area contributed by atoms with Gasteiger partial charge in [0, 0.05) is 12.8 Å². The minimum atomic E-state index is -1.69. The van der Waals surface area contributed by atoms with Crippen molar-refractivity contribution in [2.45, 2.75) is 58.3 Å². The van der Waals surface area contributed by atoms with Crippen LogP contribution in [0.15, 0.2) is 0 Å². The summed E-state index contributed by atoms with van der Waals surface area (Å²) in [5, 5.41) is 0. The lowest BCUT2D eigenvalue weighted by molar-refractivity contribution is 0.562. The number of hydrogen-bond acceptors (Lipinski definition) is 1. The molecule has 0 aromatic rings. The second-order valence-corrected chi connectivity index (χ2v) is 5.05. The predicted molar refractivity (Wildman–Crippen MR) is 81.6 cm³/mol. The molecule has 0 amide bonds. The van der Waals surface area contributed by atoms with E-state index >= 15 is 0 Å². The molecule has 0 heterocycles. The molecule has 19 heavy (non-hydrogen) atoms. The maximum absolute atomic E-state index is 10.3. The van der Waals surface area contributed by atoms with Gasteiger partial charge >= 0.3 is 0 Å². The summed E-state index contributed by atoms with van der Waals surface area (Å²) in [7, 11) is 0. The number of rotatable bonds is 6. The Hall–Kier alpha value is -1.21. The first-order valence-electron chi connectivity index (χ1n) is 6.72. The summed E-state index contributed by atoms with van der Waals surface area (Å²) in [6.07, 6.45) is 7.13. The molecule has 0 aliphatic carbocycles. The Bertz CT molecular complexity index is 421. The van der Waals surface area contributed by atoms with Crippen LogP contribution in [-0.4, -0.2) is 14.5 Å². The van der Waals surface area contributed by atoms with Gasteiger partial charge < -0.3 is 4.55 Å². The van der Waals surface area contributed by atoms with Crippen molar-refractivity contribution in [1.29, 1.82) is 0 Å². The van der Waals surface area contributed by atoms with E-state index in [1.165, 1.54) is 19.3 Å². The molecule has 2 nitrogen and oxygen atoms in total. The Morgan fingerprint density at radius 2 is 1.37 bits per heavy atom. The minimum Gasteiger partial charge on any atom is -0.306 e. The molecule has 0 spiro atoms. The van der Waals surface area contributed by atoms with Crippen LogP contribution in [0.5, 0.6) is 0 Å². The number of hydrogen-bond donors (Lipinski definition) is 1. The second kappa shape index (κ2) is 14.8. The van der Waals surface area contributed by atoms with E-state index in [9.17, 15) is 4.21 Å². The van der Waals surface area contributed by atoms with Crippen LogP contribution in [-0.2, 0) is 11.1 Å². The van der Waals surface area contributed by atoms with Gasteiger partial charge in [0.05, 0.1) is 18.6 Å². The van der Waals surface area contributed by atoms with Gasteiger partial charge in [-0.1, -0.05) is 43.4 Å². The number of unbranched alkanes of at least 4 members (excludes halogenated alkanes) is 4. The van der Waals surface area contributed by atoms with Crippen LogP contribution >= 0.6 is 0 Å². The summed E-state index contributed by atoms with van der Waals surface area (Å²) in [6, 6.07) is 0. The van der Waals surface area contributed by atoms with E-state index in [1.807, 2.05) is 0 Å². The Morgan fingerprint density at radius 3 is 1.89 bits per heavy atom. The predicted octanol–water partition coefficient (Wildman–Crippen LogP) is 3.36. The van der Waals surface area contributed by atoms with Gasteiger partial charge in [0.1, 0.15) is 0 Å². The van der Waals surface area contributed by atoms with E-state index in [0.717, 1.165) is 6.42 Å². The standard InChI is InChI=1S/C16H22O2S/c1-2-3-4-5-6-7-8-9-10-11-12-13-14-15-16-19(17)18/h2-5,8,11,14-16H2,1H3,(H,17,18). The Kier molecular flexibility index (Phi) is 13.9. The Morgan fingerprint density at radius 1 is 0.842 bits per heavy atom. The maximum Gasteiger partial charge on any atom is 0.152 e. The lowest BCUT2D eigenvalue weighted by atomic mass is 10.2. The van der Waals surface area contributed by atoms with Gasteiger partial charge in [0.2, 0.25) is 0 Å². The quantitative estimate of drug-likeness (QED) is 0.459. The van der Waals surface area contributed by atoms with Gasteiger partial charge in [0.15, 0.2) is 11.1 Å². The van der Waals surface area contributed by atoms with Crippen molar-refractivity contribution in [1.82, 2.24) is 0 Å². The molecular weight excluding hydrogens is 256 g/mol. The van der Waals surface area contributed by atoms with Gasteiger partial charge in [0.25, 0.3) is 0 Å². The molecule has 1 N–H and O–H groups in total. The van der Waals surface area contributed by atoms with Crippen molar-refractivity contribution >= 4 is 11.1 Å². The highest BCUT2D eigenvalue weighted by Gasteiger charge is 1.89. The average molecular weight is 278 g/mol. The van der Waals surface area contributed by atoms with Gasteiger partial charge in [-0.2, -0.15) is 0 Å². The highest BCUT2D eigenvalue weighted by atomic mass is 32.2. The van der Waals surface area contributed by atoms with Crippen molar-refractivity contribution in [3.05, 3.63) is 0 Å². The van der Waals surface area contributed by atoms with Gasteiger partial charge in [-0.05, 0) is 12.8 Å². The zero-order valence-corrected chi connectivity index (χ0v) is 12.4. The van der Waals surface area contributed by atoms with E-state index in [1.54, 1.807) is 0 Å². The summed E-state index contributed by atoms with van der Waals surface area (Å²) < 4.78 is 18.9. The van der Waals surface area contributed by atoms with E-state index in [-0.39, 0.29) is 0 Å². The van der Waals surface area contributed by atoms with Gasteiger partial charge in [-0.25, -0.2) is 4.21 Å². The first kappa shape index (κ1) is 17.8. The molecule has 1 atom stereocenters. The van der Waals surface area contributed by atoms with Crippen LogP contribution < -0.4 is 0 Å². The molecule has 1 unspecified atom stereocenters. The molecule has 0 rings (SSSR count). The van der Waals surface area contributed by atoms with Crippen LogP contribution in [0.1, 0.15) is 58.3 Å². The molecule has 3 heteroatoms. The maximum atomic E-state index is 10.3. The first-order valence-corrected chi connectivity index (χ1v) is 7.99. The van der Waals surface area contributed by atoms with Crippen LogP contribution in [0.3, 0.4) is 0 Å². The summed E-state index contributed by atoms with van der Waals surface area (Å²) in [6.45, 7) is 2.18. The summed E-state index contributed by atoms with van der Waals surface area (Å²) >= 11 is -1.69. The molecule has 0 saturated carbocycles. The summed E-state index contributed by atoms with van der Waals surface area (Å²) in [5.74, 6) is 18.2. The van der Waals surface area contributed by atoms with Crippen molar-refractivity contribution < 1.29 is 8.76 Å². The van der Waals surface area contributed by atoms with E-state index in [2.05, 4.69) is 42.4 Å². The largest absolute Gasteiger partial charge is 0.306 e. The smallest absolute Gasteiger partial charge is 0.152 e. The monoisotopic (exact) mass is 278 g/mol. The summed E-state index contributed by atoms with van der Waals surface area (Å²) in [4.78, 5) is 0. The van der Waals surface area contributed by atoms with Gasteiger partial charge in [-0.15, -0.1) is 11.8 Å². The van der Waals surface area contributed by atoms with Crippen molar-refractivity contribution in [2.75, 3.05) is 5.75 Å². The first-order chi connectivity index (χ1) is 9.27. The Balaban J connectivity index is 3.49. The second-order valence-electron chi connectivity index (χ2n) is 4.00. The lowest BCUT2D eigenvalue weighted by Gasteiger charge is -1.87. The average Bonchev–Trinajstić information content (AvgIpc) is 2.39. The zero-order valence-electron chi connectivity index (χ0n) is 11.6. The molecule has 0 bridgehead atoms. The zero-order chi connectivity index (χ0) is 14.2. The topological polar surface area (TPSA) is 37.3 Å². The SMILES string of the molecule is CCCCCC#CCC#CCC#CCCCS(=O)O. The Labute approximate surface area is 120 Å². The molecule has 0 saturated heterocycles. The highest BCUT2D eigenvalue weighted by Crippen LogP contribution is 1.96. The minimum absolute atomic E-state index is 0.300. The normalized spacial score (nSPS) is 10.2. The molecule has 0 aliphatic heterocycles. The fourth-order valence-corrected chi connectivity index (χ4v) is 1.65. The fourth-order valence-electron chi connectivity index (χ4n) is 1.26. The highest BCUT2D eigenvalue weighted by molar-refractivity contribution is 7.79. The fraction of sp³-hybridized carbons (Fsp3) is 0.625. The van der Waals surface area contributed by atoms with Crippen LogP contribution in [0, 0.1) is 35.5 Å². The van der Waals surface area contributed by atoms with Crippen molar-refractivity contribution in [3.63, 3.8) is 0 Å². The lowest BCUT2D eigenvalue weighted by Crippen LogP contribution is -1.92. The molecule has 0 fully saturated rings. The van der Waals surface area contributed by atoms with E-state index in [0.29, 0.717) is 31.4 Å². The van der Waals surface area contributed by atoms with E-state index < -0.39 is 11.1 Å². The third kappa shape index (κ3) is 16.8.